The van der Waals surface area contributed by atoms with E-state index >= 15 is 0 Å². The molecule has 0 aromatic heterocycles. The van der Waals surface area contributed by atoms with Crippen LogP contribution in [0.5, 0.6) is 11.5 Å². The fraction of sp³-hybridized carbons (Fsp3) is 0.364. The van der Waals surface area contributed by atoms with Crippen LogP contribution in [0.1, 0.15) is 38.3 Å². The highest BCUT2D eigenvalue weighted by Crippen LogP contribution is 2.33. The maximum atomic E-state index is 9.58. The average molecular weight is 338 g/mol. The van der Waals surface area contributed by atoms with E-state index in [0.717, 1.165) is 11.5 Å². The molecule has 3 heteroatoms. The second kappa shape index (κ2) is 8.60. The van der Waals surface area contributed by atoms with E-state index in [-0.39, 0.29) is 12.0 Å². The molecule has 0 aliphatic rings. The number of aliphatic hydroxyl groups is 1. The molecule has 0 fully saturated rings. The van der Waals surface area contributed by atoms with Gasteiger partial charge in [0.15, 0.2) is 0 Å². The lowest BCUT2D eigenvalue weighted by Crippen LogP contribution is -2.19. The van der Waals surface area contributed by atoms with E-state index in [1.165, 1.54) is 11.1 Å². The maximum Gasteiger partial charge on any atom is 0.148 e. The van der Waals surface area contributed by atoms with Crippen LogP contribution < -0.4 is 9.47 Å². The Kier molecular flexibility index (Phi) is 6.50. The predicted octanol–water partition coefficient (Wildman–Crippen LogP) is 4.17. The van der Waals surface area contributed by atoms with E-state index in [0.29, 0.717) is 13.0 Å². The van der Waals surface area contributed by atoms with E-state index < -0.39 is 6.10 Å². The van der Waals surface area contributed by atoms with Gasteiger partial charge in [-0.05, 0) is 41.8 Å². The second-order valence-corrected chi connectivity index (χ2v) is 6.54. The standard InChI is InChI=1S/C22H26O3/c1-5-15-24-20-11-7-17(8-12-20)22(3,4)18-9-13-21(14-10-18)25-16-19(23)6-2/h1,7-14,19,23H,6,15-16H2,2-4H3/t19-/m0/s1. The van der Waals surface area contributed by atoms with Crippen molar-refractivity contribution in [1.82, 2.24) is 0 Å². The highest BCUT2D eigenvalue weighted by Gasteiger charge is 2.23. The smallest absolute Gasteiger partial charge is 0.148 e. The fourth-order valence-electron chi connectivity index (χ4n) is 2.54. The monoisotopic (exact) mass is 338 g/mol. The largest absolute Gasteiger partial charge is 0.491 e. The molecule has 25 heavy (non-hydrogen) atoms. The molecule has 2 aromatic rings. The number of hydrogen-bond acceptors (Lipinski definition) is 3. The molecule has 2 rings (SSSR count). The van der Waals surface area contributed by atoms with Crippen LogP contribution >= 0.6 is 0 Å². The molecule has 2 aromatic carbocycles. The first-order chi connectivity index (χ1) is 12.0. The Labute approximate surface area is 150 Å². The first-order valence-corrected chi connectivity index (χ1v) is 8.55. The molecule has 3 nitrogen and oxygen atoms in total. The highest BCUT2D eigenvalue weighted by molar-refractivity contribution is 5.41. The first-order valence-electron chi connectivity index (χ1n) is 8.55. The van der Waals surface area contributed by atoms with E-state index in [4.69, 9.17) is 15.9 Å². The minimum absolute atomic E-state index is 0.147. The molecule has 0 radical (unpaired) electrons. The van der Waals surface area contributed by atoms with Gasteiger partial charge in [-0.15, -0.1) is 6.42 Å². The van der Waals surface area contributed by atoms with Crippen molar-refractivity contribution >= 4 is 0 Å². The Bertz CT molecular complexity index is 694. The third kappa shape index (κ3) is 5.01. The number of hydrogen-bond donors (Lipinski definition) is 1. The zero-order chi connectivity index (χ0) is 18.3. The summed E-state index contributed by atoms with van der Waals surface area (Å²) >= 11 is 0. The van der Waals surface area contributed by atoms with Crippen molar-refractivity contribution in [1.29, 1.82) is 0 Å². The van der Waals surface area contributed by atoms with Gasteiger partial charge in [-0.25, -0.2) is 0 Å². The van der Waals surface area contributed by atoms with Gasteiger partial charge in [-0.1, -0.05) is 51.0 Å². The molecule has 1 N–H and O–H groups in total. The molecule has 0 amide bonds. The fourth-order valence-corrected chi connectivity index (χ4v) is 2.54. The predicted molar refractivity (Wildman–Crippen MR) is 101 cm³/mol. The maximum absolute atomic E-state index is 9.58. The van der Waals surface area contributed by atoms with Gasteiger partial charge < -0.3 is 14.6 Å². The summed E-state index contributed by atoms with van der Waals surface area (Å²) in [6.45, 7) is 6.89. The number of ether oxygens (including phenoxy) is 2. The molecular formula is C22H26O3. The van der Waals surface area contributed by atoms with Crippen LogP contribution in [0.3, 0.4) is 0 Å². The summed E-state index contributed by atoms with van der Waals surface area (Å²) in [6, 6.07) is 16.0. The van der Waals surface area contributed by atoms with Gasteiger partial charge in [0.1, 0.15) is 24.7 Å². The second-order valence-electron chi connectivity index (χ2n) is 6.54. The van der Waals surface area contributed by atoms with Crippen LogP contribution in [0.15, 0.2) is 48.5 Å². The Morgan fingerprint density at radius 3 is 1.88 bits per heavy atom. The van der Waals surface area contributed by atoms with Crippen LogP contribution in [0.2, 0.25) is 0 Å². The molecule has 0 saturated heterocycles. The summed E-state index contributed by atoms with van der Waals surface area (Å²) in [4.78, 5) is 0. The van der Waals surface area contributed by atoms with Crippen molar-refractivity contribution in [3.8, 4) is 23.8 Å². The molecule has 0 aliphatic heterocycles. The molecule has 0 spiro atoms. The van der Waals surface area contributed by atoms with Gasteiger partial charge in [0.2, 0.25) is 0 Å². The Hall–Kier alpha value is -2.44. The number of rotatable bonds is 8. The zero-order valence-corrected chi connectivity index (χ0v) is 15.2. The molecule has 0 bridgehead atoms. The van der Waals surface area contributed by atoms with Crippen LogP contribution in [0, 0.1) is 12.3 Å². The van der Waals surface area contributed by atoms with Gasteiger partial charge in [-0.2, -0.15) is 0 Å². The number of terminal acetylenes is 1. The van der Waals surface area contributed by atoms with E-state index in [2.05, 4.69) is 44.0 Å². The van der Waals surface area contributed by atoms with Crippen LogP contribution in [-0.4, -0.2) is 24.4 Å². The van der Waals surface area contributed by atoms with Gasteiger partial charge >= 0.3 is 0 Å². The lowest BCUT2D eigenvalue weighted by Gasteiger charge is -2.26. The summed E-state index contributed by atoms with van der Waals surface area (Å²) < 4.78 is 11.0. The molecule has 132 valence electrons. The van der Waals surface area contributed by atoms with Crippen molar-refractivity contribution in [3.05, 3.63) is 59.7 Å². The number of aliphatic hydroxyl groups excluding tert-OH is 1. The average Bonchev–Trinajstić information content (AvgIpc) is 2.65. The van der Waals surface area contributed by atoms with Crippen LogP contribution in [0.4, 0.5) is 0 Å². The first kappa shape index (κ1) is 18.9. The van der Waals surface area contributed by atoms with Crippen LogP contribution in [0.25, 0.3) is 0 Å². The quantitative estimate of drug-likeness (QED) is 0.734. The molecule has 1 atom stereocenters. The van der Waals surface area contributed by atoms with Crippen LogP contribution in [-0.2, 0) is 5.41 Å². The third-order valence-corrected chi connectivity index (χ3v) is 4.39. The molecule has 0 saturated carbocycles. The van der Waals surface area contributed by atoms with Crippen molar-refractivity contribution in [2.45, 2.75) is 38.7 Å². The normalized spacial score (nSPS) is 12.3. The lowest BCUT2D eigenvalue weighted by molar-refractivity contribution is 0.104. The summed E-state index contributed by atoms with van der Waals surface area (Å²) in [5.41, 5.74) is 2.23. The Morgan fingerprint density at radius 1 is 0.960 bits per heavy atom. The summed E-state index contributed by atoms with van der Waals surface area (Å²) in [7, 11) is 0. The summed E-state index contributed by atoms with van der Waals surface area (Å²) in [6.07, 6.45) is 5.47. The topological polar surface area (TPSA) is 38.7 Å². The van der Waals surface area contributed by atoms with Crippen molar-refractivity contribution in [2.24, 2.45) is 0 Å². The zero-order valence-electron chi connectivity index (χ0n) is 15.2. The molecule has 0 heterocycles. The molecular weight excluding hydrogens is 312 g/mol. The Balaban J connectivity index is 2.09. The van der Waals surface area contributed by atoms with Crippen molar-refractivity contribution < 1.29 is 14.6 Å². The molecule has 0 aliphatic carbocycles. The lowest BCUT2D eigenvalue weighted by atomic mass is 9.78. The SMILES string of the molecule is C#CCOc1ccc(C(C)(C)c2ccc(OC[C@@H](O)CC)cc2)cc1. The van der Waals surface area contributed by atoms with Gasteiger partial charge in [0.05, 0.1) is 6.10 Å². The van der Waals surface area contributed by atoms with E-state index in [1.54, 1.807) is 0 Å². The minimum Gasteiger partial charge on any atom is -0.491 e. The number of benzene rings is 2. The van der Waals surface area contributed by atoms with Gasteiger partial charge in [0.25, 0.3) is 0 Å². The summed E-state index contributed by atoms with van der Waals surface area (Å²) in [5, 5.41) is 9.58. The third-order valence-electron chi connectivity index (χ3n) is 4.39. The van der Waals surface area contributed by atoms with Crippen molar-refractivity contribution in [3.63, 3.8) is 0 Å². The van der Waals surface area contributed by atoms with E-state index in [9.17, 15) is 5.11 Å². The molecule has 0 unspecified atom stereocenters. The highest BCUT2D eigenvalue weighted by atomic mass is 16.5. The van der Waals surface area contributed by atoms with E-state index in [1.807, 2.05) is 31.2 Å². The van der Waals surface area contributed by atoms with Gasteiger partial charge in [0, 0.05) is 5.41 Å². The van der Waals surface area contributed by atoms with Gasteiger partial charge in [-0.3, -0.25) is 0 Å². The summed E-state index contributed by atoms with van der Waals surface area (Å²) in [5.74, 6) is 4.01. The minimum atomic E-state index is -0.425. The Morgan fingerprint density at radius 2 is 1.44 bits per heavy atom. The van der Waals surface area contributed by atoms with Crippen molar-refractivity contribution in [2.75, 3.05) is 13.2 Å².